The molecule has 0 saturated carbocycles. The molecule has 1 aromatic rings. The highest BCUT2D eigenvalue weighted by molar-refractivity contribution is 9.10. The molecule has 0 aliphatic heterocycles. The fourth-order valence-corrected chi connectivity index (χ4v) is 1.24. The van der Waals surface area contributed by atoms with Crippen molar-refractivity contribution in [2.45, 2.75) is 12.5 Å². The summed E-state index contributed by atoms with van der Waals surface area (Å²) >= 11 is 3.38. The van der Waals surface area contributed by atoms with Gasteiger partial charge in [-0.2, -0.15) is 0 Å². The fraction of sp³-hybridized carbons (Fsp3) is 0.200. The van der Waals surface area contributed by atoms with Gasteiger partial charge in [-0.15, -0.1) is 19.0 Å². The van der Waals surface area contributed by atoms with Gasteiger partial charge < -0.3 is 5.73 Å². The molecule has 0 aliphatic carbocycles. The second-order valence-corrected chi connectivity index (χ2v) is 3.65. The Balaban J connectivity index is 0.00000144. The summed E-state index contributed by atoms with van der Waals surface area (Å²) in [4.78, 5) is 0. The van der Waals surface area contributed by atoms with Crippen molar-refractivity contribution in [3.05, 3.63) is 47.0 Å². The lowest BCUT2D eigenvalue weighted by Gasteiger charge is -2.05. The SMILES string of the molecule is C=CC(N)Cc1ccc(Br)cc1.Cl. The molecule has 1 aromatic carbocycles. The molecule has 1 unspecified atom stereocenters. The zero-order chi connectivity index (χ0) is 8.97. The van der Waals surface area contributed by atoms with Gasteiger partial charge in [0.2, 0.25) is 0 Å². The molecule has 1 nitrogen and oxygen atoms in total. The molecule has 3 heteroatoms. The van der Waals surface area contributed by atoms with E-state index in [2.05, 4.69) is 34.6 Å². The van der Waals surface area contributed by atoms with E-state index < -0.39 is 0 Å². The molecule has 0 aromatic heterocycles. The standard InChI is InChI=1S/C10H12BrN.ClH/c1-2-10(12)7-8-3-5-9(11)6-4-8;/h2-6,10H,1,7,12H2;1H. The molecule has 0 heterocycles. The molecule has 0 radical (unpaired) electrons. The van der Waals surface area contributed by atoms with E-state index in [1.165, 1.54) is 5.56 Å². The minimum absolute atomic E-state index is 0. The van der Waals surface area contributed by atoms with Crippen molar-refractivity contribution in [1.29, 1.82) is 0 Å². The summed E-state index contributed by atoms with van der Waals surface area (Å²) in [6, 6.07) is 8.23. The molecule has 0 spiro atoms. The summed E-state index contributed by atoms with van der Waals surface area (Å²) in [5.41, 5.74) is 6.95. The molecule has 72 valence electrons. The van der Waals surface area contributed by atoms with Crippen LogP contribution in [0.15, 0.2) is 41.4 Å². The molecule has 0 amide bonds. The largest absolute Gasteiger partial charge is 0.324 e. The van der Waals surface area contributed by atoms with Crippen molar-refractivity contribution in [3.63, 3.8) is 0 Å². The first-order valence-corrected chi connectivity index (χ1v) is 4.64. The van der Waals surface area contributed by atoms with Gasteiger partial charge in [-0.05, 0) is 24.1 Å². The summed E-state index contributed by atoms with van der Waals surface area (Å²) in [6.45, 7) is 3.64. The maximum atomic E-state index is 5.71. The van der Waals surface area contributed by atoms with E-state index in [0.29, 0.717) is 0 Å². The molecule has 0 bridgehead atoms. The minimum Gasteiger partial charge on any atom is -0.324 e. The molecule has 0 aliphatic rings. The molecular formula is C10H13BrClN. The minimum atomic E-state index is 0. The zero-order valence-corrected chi connectivity index (χ0v) is 9.64. The predicted octanol–water partition coefficient (Wildman–Crippen LogP) is 2.93. The van der Waals surface area contributed by atoms with Crippen LogP contribution in [0.5, 0.6) is 0 Å². The van der Waals surface area contributed by atoms with Gasteiger partial charge in [0.1, 0.15) is 0 Å². The van der Waals surface area contributed by atoms with Crippen molar-refractivity contribution in [2.24, 2.45) is 5.73 Å². The van der Waals surface area contributed by atoms with Crippen molar-refractivity contribution in [3.8, 4) is 0 Å². The number of hydrogen-bond acceptors (Lipinski definition) is 1. The summed E-state index contributed by atoms with van der Waals surface area (Å²) in [7, 11) is 0. The molecule has 1 rings (SSSR count). The highest BCUT2D eigenvalue weighted by Gasteiger charge is 1.98. The van der Waals surface area contributed by atoms with Gasteiger partial charge in [0.05, 0.1) is 0 Å². The zero-order valence-electron chi connectivity index (χ0n) is 7.24. The maximum Gasteiger partial charge on any atom is 0.0262 e. The van der Waals surface area contributed by atoms with Crippen LogP contribution in [-0.2, 0) is 6.42 Å². The highest BCUT2D eigenvalue weighted by atomic mass is 79.9. The van der Waals surface area contributed by atoms with Gasteiger partial charge in [-0.25, -0.2) is 0 Å². The normalized spacial score (nSPS) is 11.5. The van der Waals surface area contributed by atoms with E-state index in [4.69, 9.17) is 5.73 Å². The van der Waals surface area contributed by atoms with Gasteiger partial charge in [-0.1, -0.05) is 34.1 Å². The second-order valence-electron chi connectivity index (χ2n) is 2.73. The smallest absolute Gasteiger partial charge is 0.0262 e. The van der Waals surface area contributed by atoms with Crippen LogP contribution in [-0.4, -0.2) is 6.04 Å². The number of halogens is 2. The summed E-state index contributed by atoms with van der Waals surface area (Å²) in [6.07, 6.45) is 2.62. The Morgan fingerprint density at radius 2 is 1.92 bits per heavy atom. The third kappa shape index (κ3) is 4.46. The van der Waals surface area contributed by atoms with Gasteiger partial charge >= 0.3 is 0 Å². The Bertz CT molecular complexity index is 258. The van der Waals surface area contributed by atoms with E-state index in [0.717, 1.165) is 10.9 Å². The van der Waals surface area contributed by atoms with E-state index in [-0.39, 0.29) is 18.4 Å². The van der Waals surface area contributed by atoms with Gasteiger partial charge in [0.15, 0.2) is 0 Å². The van der Waals surface area contributed by atoms with Gasteiger partial charge in [0, 0.05) is 10.5 Å². The first kappa shape index (κ1) is 12.7. The third-order valence-corrected chi connectivity index (χ3v) is 2.22. The van der Waals surface area contributed by atoms with Crippen molar-refractivity contribution < 1.29 is 0 Å². The lowest BCUT2D eigenvalue weighted by Crippen LogP contribution is -2.19. The third-order valence-electron chi connectivity index (χ3n) is 1.69. The fourth-order valence-electron chi connectivity index (χ4n) is 0.976. The lowest BCUT2D eigenvalue weighted by molar-refractivity contribution is 0.812. The summed E-state index contributed by atoms with van der Waals surface area (Å²) in [5, 5.41) is 0. The van der Waals surface area contributed by atoms with Crippen LogP contribution in [0, 0.1) is 0 Å². The van der Waals surface area contributed by atoms with Crippen LogP contribution in [0.25, 0.3) is 0 Å². The predicted molar refractivity (Wildman–Crippen MR) is 63.3 cm³/mol. The molecule has 13 heavy (non-hydrogen) atoms. The van der Waals surface area contributed by atoms with Crippen LogP contribution >= 0.6 is 28.3 Å². The van der Waals surface area contributed by atoms with Crippen LogP contribution in [0.1, 0.15) is 5.56 Å². The van der Waals surface area contributed by atoms with E-state index in [1.54, 1.807) is 6.08 Å². The quantitative estimate of drug-likeness (QED) is 0.833. The number of hydrogen-bond donors (Lipinski definition) is 1. The molecule has 1 atom stereocenters. The van der Waals surface area contributed by atoms with Crippen molar-refractivity contribution in [2.75, 3.05) is 0 Å². The molecular weight excluding hydrogens is 249 g/mol. The monoisotopic (exact) mass is 261 g/mol. The Hall–Kier alpha value is -0.310. The lowest BCUT2D eigenvalue weighted by atomic mass is 10.1. The Labute approximate surface area is 93.6 Å². The molecule has 0 fully saturated rings. The van der Waals surface area contributed by atoms with E-state index in [1.807, 2.05) is 12.1 Å². The number of benzene rings is 1. The topological polar surface area (TPSA) is 26.0 Å². The number of rotatable bonds is 3. The number of nitrogens with two attached hydrogens (primary N) is 1. The average Bonchev–Trinajstić information content (AvgIpc) is 2.09. The van der Waals surface area contributed by atoms with Crippen molar-refractivity contribution in [1.82, 2.24) is 0 Å². The second kappa shape index (κ2) is 6.19. The Morgan fingerprint density at radius 1 is 1.38 bits per heavy atom. The van der Waals surface area contributed by atoms with Crippen LogP contribution in [0.4, 0.5) is 0 Å². The van der Waals surface area contributed by atoms with E-state index >= 15 is 0 Å². The van der Waals surface area contributed by atoms with Crippen LogP contribution < -0.4 is 5.73 Å². The highest BCUT2D eigenvalue weighted by Crippen LogP contribution is 2.11. The first-order valence-electron chi connectivity index (χ1n) is 3.85. The van der Waals surface area contributed by atoms with Crippen LogP contribution in [0.2, 0.25) is 0 Å². The molecule has 0 saturated heterocycles. The van der Waals surface area contributed by atoms with E-state index in [9.17, 15) is 0 Å². The summed E-state index contributed by atoms with van der Waals surface area (Å²) < 4.78 is 1.10. The maximum absolute atomic E-state index is 5.71. The Morgan fingerprint density at radius 3 is 2.38 bits per heavy atom. The Kier molecular flexibility index (Phi) is 6.04. The van der Waals surface area contributed by atoms with Crippen LogP contribution in [0.3, 0.4) is 0 Å². The molecule has 2 N–H and O–H groups in total. The van der Waals surface area contributed by atoms with Gasteiger partial charge in [0.25, 0.3) is 0 Å². The van der Waals surface area contributed by atoms with Gasteiger partial charge in [-0.3, -0.25) is 0 Å². The van der Waals surface area contributed by atoms with Crippen molar-refractivity contribution >= 4 is 28.3 Å². The average molecular weight is 263 g/mol. The summed E-state index contributed by atoms with van der Waals surface area (Å²) in [5.74, 6) is 0. The first-order chi connectivity index (χ1) is 5.72.